The van der Waals surface area contributed by atoms with Crippen molar-refractivity contribution in [1.29, 1.82) is 0 Å². The minimum absolute atomic E-state index is 0.0561. The van der Waals surface area contributed by atoms with E-state index in [4.69, 9.17) is 5.73 Å². The van der Waals surface area contributed by atoms with Gasteiger partial charge in [-0.3, -0.25) is 9.59 Å². The van der Waals surface area contributed by atoms with Crippen molar-refractivity contribution in [2.75, 3.05) is 6.54 Å². The number of hydrogen-bond donors (Lipinski definition) is 3. The van der Waals surface area contributed by atoms with Gasteiger partial charge in [-0.15, -0.1) is 0 Å². The summed E-state index contributed by atoms with van der Waals surface area (Å²) in [5, 5.41) is 5.40. The molecule has 0 aromatic rings. The van der Waals surface area contributed by atoms with Crippen LogP contribution in [0.15, 0.2) is 0 Å². The third kappa shape index (κ3) is 7.23. The number of nitrogens with two attached hydrogens (primary N) is 1. The average molecular weight is 229 g/mol. The van der Waals surface area contributed by atoms with Crippen LogP contribution in [0, 0.1) is 0 Å². The first-order chi connectivity index (χ1) is 7.47. The van der Waals surface area contributed by atoms with Crippen molar-refractivity contribution in [3.05, 3.63) is 0 Å². The molecule has 0 aliphatic rings. The normalized spacial score (nSPS) is 12.3. The van der Waals surface area contributed by atoms with E-state index in [9.17, 15) is 9.59 Å². The SMILES string of the molecule is CCCC(N)C(=O)NCCC(=O)NC(C)C. The molecule has 94 valence electrons. The maximum Gasteiger partial charge on any atom is 0.236 e. The topological polar surface area (TPSA) is 84.2 Å². The fraction of sp³-hybridized carbons (Fsp3) is 0.818. The molecule has 2 amide bonds. The molecule has 16 heavy (non-hydrogen) atoms. The van der Waals surface area contributed by atoms with Crippen molar-refractivity contribution in [1.82, 2.24) is 10.6 Å². The third-order valence-corrected chi connectivity index (χ3v) is 2.04. The Morgan fingerprint density at radius 3 is 2.44 bits per heavy atom. The van der Waals surface area contributed by atoms with Gasteiger partial charge in [0.1, 0.15) is 0 Å². The van der Waals surface area contributed by atoms with Crippen LogP contribution in [0.1, 0.15) is 40.0 Å². The van der Waals surface area contributed by atoms with Crippen LogP contribution < -0.4 is 16.4 Å². The molecule has 0 fully saturated rings. The molecule has 0 spiro atoms. The summed E-state index contributed by atoms with van der Waals surface area (Å²) in [5.74, 6) is -0.237. The van der Waals surface area contributed by atoms with Gasteiger partial charge in [0.15, 0.2) is 0 Å². The third-order valence-electron chi connectivity index (χ3n) is 2.04. The molecule has 0 bridgehead atoms. The lowest BCUT2D eigenvalue weighted by molar-refractivity contribution is -0.123. The molecule has 0 saturated carbocycles. The zero-order valence-electron chi connectivity index (χ0n) is 10.4. The largest absolute Gasteiger partial charge is 0.354 e. The minimum Gasteiger partial charge on any atom is -0.354 e. The van der Waals surface area contributed by atoms with Crippen molar-refractivity contribution in [2.45, 2.75) is 52.1 Å². The second-order valence-electron chi connectivity index (χ2n) is 4.16. The molecule has 5 heteroatoms. The van der Waals surface area contributed by atoms with Crippen LogP contribution in [0.25, 0.3) is 0 Å². The zero-order chi connectivity index (χ0) is 12.6. The molecule has 4 N–H and O–H groups in total. The van der Waals surface area contributed by atoms with Gasteiger partial charge in [0.05, 0.1) is 6.04 Å². The van der Waals surface area contributed by atoms with Crippen LogP contribution in [0.4, 0.5) is 0 Å². The summed E-state index contributed by atoms with van der Waals surface area (Å²) in [4.78, 5) is 22.6. The highest BCUT2D eigenvalue weighted by Crippen LogP contribution is 1.92. The average Bonchev–Trinajstić information content (AvgIpc) is 2.16. The molecule has 0 rings (SSSR count). The molecule has 0 heterocycles. The summed E-state index contributed by atoms with van der Waals surface area (Å²) >= 11 is 0. The van der Waals surface area contributed by atoms with Crippen LogP contribution in [-0.2, 0) is 9.59 Å². The lowest BCUT2D eigenvalue weighted by atomic mass is 10.1. The van der Waals surface area contributed by atoms with Crippen molar-refractivity contribution in [3.8, 4) is 0 Å². The number of hydrogen-bond acceptors (Lipinski definition) is 3. The molecule has 0 radical (unpaired) electrons. The quantitative estimate of drug-likeness (QED) is 0.581. The monoisotopic (exact) mass is 229 g/mol. The Morgan fingerprint density at radius 2 is 1.94 bits per heavy atom. The van der Waals surface area contributed by atoms with E-state index in [1.165, 1.54) is 0 Å². The van der Waals surface area contributed by atoms with Gasteiger partial charge >= 0.3 is 0 Å². The van der Waals surface area contributed by atoms with E-state index in [-0.39, 0.29) is 17.9 Å². The van der Waals surface area contributed by atoms with Crippen molar-refractivity contribution >= 4 is 11.8 Å². The Labute approximate surface area is 97.2 Å². The van der Waals surface area contributed by atoms with Gasteiger partial charge in [0, 0.05) is 19.0 Å². The smallest absolute Gasteiger partial charge is 0.236 e. The molecule has 1 atom stereocenters. The molecule has 5 nitrogen and oxygen atoms in total. The Hall–Kier alpha value is -1.10. The van der Waals surface area contributed by atoms with Crippen molar-refractivity contribution < 1.29 is 9.59 Å². The molecule has 0 aliphatic carbocycles. The molecule has 0 aromatic heterocycles. The Morgan fingerprint density at radius 1 is 1.31 bits per heavy atom. The number of carbonyl (C=O) groups is 2. The summed E-state index contributed by atoms with van der Waals surface area (Å²) in [6.45, 7) is 6.11. The fourth-order valence-corrected chi connectivity index (χ4v) is 1.27. The lowest BCUT2D eigenvalue weighted by Gasteiger charge is -2.12. The van der Waals surface area contributed by atoms with Gasteiger partial charge < -0.3 is 16.4 Å². The summed E-state index contributed by atoms with van der Waals surface area (Å²) in [6, 6.07) is -0.330. The van der Waals surface area contributed by atoms with E-state index < -0.39 is 6.04 Å². The summed E-state index contributed by atoms with van der Waals surface area (Å²) in [5.41, 5.74) is 5.61. The van der Waals surface area contributed by atoms with Crippen molar-refractivity contribution in [3.63, 3.8) is 0 Å². The second-order valence-corrected chi connectivity index (χ2v) is 4.16. The number of amides is 2. The predicted molar refractivity (Wildman–Crippen MR) is 63.8 cm³/mol. The second kappa shape index (κ2) is 8.10. The molecular weight excluding hydrogens is 206 g/mol. The van der Waals surface area contributed by atoms with E-state index in [1.807, 2.05) is 20.8 Å². The highest BCUT2D eigenvalue weighted by atomic mass is 16.2. The van der Waals surface area contributed by atoms with E-state index in [1.54, 1.807) is 0 Å². The Bertz CT molecular complexity index is 229. The van der Waals surface area contributed by atoms with E-state index >= 15 is 0 Å². The number of carbonyl (C=O) groups excluding carboxylic acids is 2. The van der Waals surface area contributed by atoms with E-state index in [2.05, 4.69) is 10.6 Å². The predicted octanol–water partition coefficient (Wildman–Crippen LogP) is 0.145. The first kappa shape index (κ1) is 14.9. The Balaban J connectivity index is 3.65. The van der Waals surface area contributed by atoms with E-state index in [0.717, 1.165) is 6.42 Å². The molecule has 1 unspecified atom stereocenters. The molecule has 0 aromatic carbocycles. The van der Waals surface area contributed by atoms with Gasteiger partial charge in [-0.1, -0.05) is 13.3 Å². The summed E-state index contributed by atoms with van der Waals surface area (Å²) < 4.78 is 0. The van der Waals surface area contributed by atoms with Gasteiger partial charge in [-0.25, -0.2) is 0 Å². The van der Waals surface area contributed by atoms with E-state index in [0.29, 0.717) is 19.4 Å². The Kier molecular flexibility index (Phi) is 7.54. The number of rotatable bonds is 7. The number of nitrogens with one attached hydrogen (secondary N) is 2. The van der Waals surface area contributed by atoms with Crippen LogP contribution in [-0.4, -0.2) is 30.4 Å². The van der Waals surface area contributed by atoms with Gasteiger partial charge in [-0.05, 0) is 20.3 Å². The lowest BCUT2D eigenvalue weighted by Crippen LogP contribution is -2.42. The molecular formula is C11H23N3O2. The molecule has 0 aliphatic heterocycles. The maximum atomic E-state index is 11.4. The van der Waals surface area contributed by atoms with Gasteiger partial charge in [-0.2, -0.15) is 0 Å². The van der Waals surface area contributed by atoms with Crippen LogP contribution in [0.3, 0.4) is 0 Å². The zero-order valence-corrected chi connectivity index (χ0v) is 10.4. The highest BCUT2D eigenvalue weighted by molar-refractivity contribution is 5.82. The van der Waals surface area contributed by atoms with Gasteiger partial charge in [0.25, 0.3) is 0 Å². The molecule has 0 saturated heterocycles. The summed E-state index contributed by atoms with van der Waals surface area (Å²) in [6.07, 6.45) is 1.84. The first-order valence-corrected chi connectivity index (χ1v) is 5.80. The first-order valence-electron chi connectivity index (χ1n) is 5.80. The summed E-state index contributed by atoms with van der Waals surface area (Å²) in [7, 11) is 0. The van der Waals surface area contributed by atoms with Crippen LogP contribution >= 0.6 is 0 Å². The highest BCUT2D eigenvalue weighted by Gasteiger charge is 2.11. The minimum atomic E-state index is -0.460. The van der Waals surface area contributed by atoms with Gasteiger partial charge in [0.2, 0.25) is 11.8 Å². The maximum absolute atomic E-state index is 11.4. The fourth-order valence-electron chi connectivity index (χ4n) is 1.27. The van der Waals surface area contributed by atoms with Crippen molar-refractivity contribution in [2.24, 2.45) is 5.73 Å². The standard InChI is InChI=1S/C11H23N3O2/c1-4-5-9(12)11(16)13-7-6-10(15)14-8(2)3/h8-9H,4-7,12H2,1-3H3,(H,13,16)(H,14,15). The van der Waals surface area contributed by atoms with Crippen LogP contribution in [0.5, 0.6) is 0 Å². The van der Waals surface area contributed by atoms with Crippen LogP contribution in [0.2, 0.25) is 0 Å².